The fourth-order valence-electron chi connectivity index (χ4n) is 12.5. The Labute approximate surface area is 409 Å². The Morgan fingerprint density at radius 3 is 1.44 bits per heavy atom. The van der Waals surface area contributed by atoms with Gasteiger partial charge < -0.3 is 18.4 Å². The zero-order valence-electron chi connectivity index (χ0n) is 38.4. The Morgan fingerprint density at radius 1 is 0.296 bits per heavy atom. The van der Waals surface area contributed by atoms with Crippen LogP contribution in [0.3, 0.4) is 0 Å². The smallest absolute Gasteiger partial charge is 0.256 e. The molecule has 0 atom stereocenters. The topological polar surface area (TPSA) is 24.0 Å². The lowest BCUT2D eigenvalue weighted by molar-refractivity contribution is 0.487. The van der Waals surface area contributed by atoms with Crippen molar-refractivity contribution in [2.24, 2.45) is 0 Å². The molecule has 11 aromatic carbocycles. The van der Waals surface area contributed by atoms with Crippen LogP contribution in [0.5, 0.6) is 11.5 Å². The molecule has 0 fully saturated rings. The Hall–Kier alpha value is -9.32. The molecular weight excluding hydrogens is 862 g/mol. The zero-order valence-corrected chi connectivity index (χ0v) is 38.4. The highest BCUT2D eigenvalue weighted by Gasteiger charge is 2.41. The number of rotatable bonds is 5. The fraction of sp³-hybridized carbons (Fsp3) is 0. The van der Waals surface area contributed by atoms with Crippen molar-refractivity contribution in [1.29, 1.82) is 0 Å². The first-order valence-corrected chi connectivity index (χ1v) is 24.5. The molecule has 2 aliphatic heterocycles. The number of benzene rings is 11. The quantitative estimate of drug-likeness (QED) is 0.158. The summed E-state index contributed by atoms with van der Waals surface area (Å²) in [7, 11) is 0. The second-order valence-corrected chi connectivity index (χ2v) is 19.2. The van der Waals surface area contributed by atoms with Crippen LogP contribution in [0.2, 0.25) is 0 Å². The van der Waals surface area contributed by atoms with E-state index in [4.69, 9.17) is 4.74 Å². The molecule has 16 rings (SSSR count). The molecule has 328 valence electrons. The van der Waals surface area contributed by atoms with Crippen LogP contribution < -0.4 is 21.1 Å². The van der Waals surface area contributed by atoms with Gasteiger partial charge in [-0.05, 0) is 123 Å². The summed E-state index contributed by atoms with van der Waals surface area (Å²) in [6.45, 7) is -0.115. The zero-order chi connectivity index (χ0) is 46.3. The highest BCUT2D eigenvalue weighted by atomic mass is 16.5. The van der Waals surface area contributed by atoms with Gasteiger partial charge in [-0.25, -0.2) is 0 Å². The molecule has 0 bridgehead atoms. The Bertz CT molecular complexity index is 4450. The summed E-state index contributed by atoms with van der Waals surface area (Å²) in [5.41, 5.74) is 21.1. The molecule has 0 saturated heterocycles. The first-order chi connectivity index (χ1) is 35.2. The third-order valence-electron chi connectivity index (χ3n) is 15.5. The van der Waals surface area contributed by atoms with Crippen LogP contribution in [0.25, 0.3) is 116 Å². The third kappa shape index (κ3) is 5.46. The van der Waals surface area contributed by atoms with Crippen molar-refractivity contribution in [1.82, 2.24) is 13.7 Å². The molecule has 0 unspecified atom stereocenters. The molecule has 5 heterocycles. The predicted molar refractivity (Wildman–Crippen MR) is 297 cm³/mol. The summed E-state index contributed by atoms with van der Waals surface area (Å²) >= 11 is 0. The summed E-state index contributed by atoms with van der Waals surface area (Å²) in [6, 6.07) is 89.2. The van der Waals surface area contributed by atoms with Gasteiger partial charge in [0.05, 0.1) is 27.6 Å². The summed E-state index contributed by atoms with van der Waals surface area (Å²) < 4.78 is 14.8. The Kier molecular flexibility index (Phi) is 7.94. The lowest BCUT2D eigenvalue weighted by Gasteiger charge is -2.34. The van der Waals surface area contributed by atoms with Crippen molar-refractivity contribution in [3.63, 3.8) is 0 Å². The normalized spacial score (nSPS) is 12.6. The van der Waals surface area contributed by atoms with E-state index in [2.05, 4.69) is 256 Å². The molecule has 0 saturated carbocycles. The first kappa shape index (κ1) is 38.6. The molecule has 71 heavy (non-hydrogen) atoms. The highest BCUT2D eigenvalue weighted by Crippen LogP contribution is 2.44. The van der Waals surface area contributed by atoms with Crippen LogP contribution in [-0.4, -0.2) is 20.4 Å². The van der Waals surface area contributed by atoms with Gasteiger partial charge in [-0.15, -0.1) is 0 Å². The van der Waals surface area contributed by atoms with E-state index >= 15 is 0 Å². The number of nitrogens with zero attached hydrogens (tertiary/aromatic N) is 3. The monoisotopic (exact) mass is 901 g/mol. The maximum absolute atomic E-state index is 7.34. The van der Waals surface area contributed by atoms with E-state index in [1.54, 1.807) is 0 Å². The predicted octanol–water partition coefficient (Wildman–Crippen LogP) is 14.9. The minimum atomic E-state index is -0.115. The summed E-state index contributed by atoms with van der Waals surface area (Å²) in [6.07, 6.45) is 0. The minimum Gasteiger partial charge on any atom is -0.458 e. The number of hydrogen-bond donors (Lipinski definition) is 0. The molecule has 0 radical (unpaired) electrons. The van der Waals surface area contributed by atoms with E-state index in [0.29, 0.717) is 0 Å². The van der Waals surface area contributed by atoms with Gasteiger partial charge >= 0.3 is 0 Å². The maximum Gasteiger partial charge on any atom is 0.256 e. The van der Waals surface area contributed by atoms with Gasteiger partial charge in [0.15, 0.2) is 0 Å². The molecule has 0 aliphatic carbocycles. The standard InChI is InChI=1S/C66H40BN3O/c1-3-17-41(18-4-1)43-31-33-55-63(36-43)71-64-37-44(48-22-8-7-21-47(48)42-19-5-2-6-20-42)35-62-65(64)67(55)56-40-46(69-59-29-15-11-25-51(59)52-26-12-16-30-60(52)69)39-54-53-38-45(32-34-61(53)70(62)66(54)56)68-57-27-13-9-23-49(57)50-24-10-14-28-58(50)68/h1-40H. The average molecular weight is 902 g/mol. The summed E-state index contributed by atoms with van der Waals surface area (Å²) in [5, 5.41) is 7.40. The molecule has 0 N–H and O–H groups in total. The van der Waals surface area contributed by atoms with Crippen LogP contribution in [0, 0.1) is 0 Å². The van der Waals surface area contributed by atoms with Crippen LogP contribution in [0.15, 0.2) is 243 Å². The molecular formula is C66H40BN3O. The summed E-state index contributed by atoms with van der Waals surface area (Å²) in [5.74, 6) is 1.77. The average Bonchev–Trinajstić information content (AvgIpc) is 4.08. The van der Waals surface area contributed by atoms with Gasteiger partial charge in [-0.1, -0.05) is 170 Å². The van der Waals surface area contributed by atoms with E-state index in [0.717, 1.165) is 56.3 Å². The van der Waals surface area contributed by atoms with E-state index < -0.39 is 0 Å². The van der Waals surface area contributed by atoms with Gasteiger partial charge in [0.25, 0.3) is 6.71 Å². The second kappa shape index (κ2) is 14.6. The number of fused-ring (bicyclic) bond motifs is 13. The number of hydrogen-bond acceptors (Lipinski definition) is 1. The van der Waals surface area contributed by atoms with Gasteiger partial charge in [-0.3, -0.25) is 0 Å². The van der Waals surface area contributed by atoms with Crippen molar-refractivity contribution < 1.29 is 4.74 Å². The maximum atomic E-state index is 7.34. The molecule has 4 nitrogen and oxygen atoms in total. The molecule has 0 amide bonds. The van der Waals surface area contributed by atoms with Crippen molar-refractivity contribution in [3.8, 4) is 61.9 Å². The van der Waals surface area contributed by atoms with E-state index in [-0.39, 0.29) is 6.71 Å². The van der Waals surface area contributed by atoms with Crippen molar-refractivity contribution in [2.75, 3.05) is 0 Å². The van der Waals surface area contributed by atoms with Crippen LogP contribution in [0.1, 0.15) is 0 Å². The molecule has 14 aromatic rings. The lowest BCUT2D eigenvalue weighted by Crippen LogP contribution is -2.58. The van der Waals surface area contributed by atoms with Crippen molar-refractivity contribution in [2.45, 2.75) is 0 Å². The van der Waals surface area contributed by atoms with Crippen molar-refractivity contribution >= 4 is 88.5 Å². The molecule has 3 aromatic heterocycles. The van der Waals surface area contributed by atoms with E-state index in [9.17, 15) is 0 Å². The van der Waals surface area contributed by atoms with Crippen LogP contribution in [0.4, 0.5) is 0 Å². The summed E-state index contributed by atoms with van der Waals surface area (Å²) in [4.78, 5) is 0. The van der Waals surface area contributed by atoms with Crippen LogP contribution >= 0.6 is 0 Å². The first-order valence-electron chi connectivity index (χ1n) is 24.5. The molecule has 5 heteroatoms. The van der Waals surface area contributed by atoms with Gasteiger partial charge in [0.1, 0.15) is 11.5 Å². The third-order valence-corrected chi connectivity index (χ3v) is 15.5. The number of para-hydroxylation sites is 4. The largest absolute Gasteiger partial charge is 0.458 e. The molecule has 0 spiro atoms. The SMILES string of the molecule is c1ccc(-c2ccc3c(c2)Oc2cc(-c4ccccc4-c4ccccc4)cc4c2B3c2cc(-n3c5ccccc5c5ccccc53)cc3c5cc(-n6c7ccccc7c7ccccc76)ccc5n-4c23)cc1. The second-order valence-electron chi connectivity index (χ2n) is 19.2. The van der Waals surface area contributed by atoms with E-state index in [1.807, 2.05) is 0 Å². The van der Waals surface area contributed by atoms with Crippen molar-refractivity contribution in [3.05, 3.63) is 243 Å². The Morgan fingerprint density at radius 2 is 0.803 bits per heavy atom. The highest BCUT2D eigenvalue weighted by molar-refractivity contribution is 6.99. The van der Waals surface area contributed by atoms with Gasteiger partial charge in [0, 0.05) is 54.9 Å². The van der Waals surface area contributed by atoms with E-state index in [1.165, 1.54) is 87.4 Å². The minimum absolute atomic E-state index is 0.115. The van der Waals surface area contributed by atoms with Gasteiger partial charge in [-0.2, -0.15) is 0 Å². The number of ether oxygens (including phenoxy) is 1. The number of aromatic nitrogens is 3. The lowest BCUT2D eigenvalue weighted by atomic mass is 9.34. The molecule has 2 aliphatic rings. The Balaban J connectivity index is 1.05. The fourth-order valence-corrected chi connectivity index (χ4v) is 12.5. The van der Waals surface area contributed by atoms with Gasteiger partial charge in [0.2, 0.25) is 0 Å². The van der Waals surface area contributed by atoms with Crippen LogP contribution in [-0.2, 0) is 0 Å².